The van der Waals surface area contributed by atoms with Crippen molar-refractivity contribution in [1.29, 1.82) is 0 Å². The Morgan fingerprint density at radius 1 is 1.47 bits per heavy atom. The quantitative estimate of drug-likeness (QED) is 0.316. The second-order valence-corrected chi connectivity index (χ2v) is 3.77. The van der Waals surface area contributed by atoms with Crippen LogP contribution in [0.1, 0.15) is 12.5 Å². The van der Waals surface area contributed by atoms with Gasteiger partial charge in [-0.2, -0.15) is 0 Å². The highest BCUT2D eigenvalue weighted by Gasteiger charge is 2.14. The molecule has 0 aliphatic heterocycles. The molecule has 1 aromatic carbocycles. The van der Waals surface area contributed by atoms with Gasteiger partial charge >= 0.3 is 0 Å². The number of amidine groups is 1. The molecule has 0 spiro atoms. The van der Waals surface area contributed by atoms with E-state index in [1.807, 2.05) is 0 Å². The number of nitrogens with two attached hydrogens (primary N) is 1. The van der Waals surface area contributed by atoms with Crippen molar-refractivity contribution in [2.75, 3.05) is 19.5 Å². The standard InChI is InChI=1S/C12H17N3O4/c1-7(18-2)12(16)14-9-5-4-8(11(13)15-17)6-10(9)19-3/h4-7,17H,1-3H3,(H2,13,15)(H,14,16). The number of rotatable bonds is 5. The zero-order valence-electron chi connectivity index (χ0n) is 11.0. The van der Waals surface area contributed by atoms with E-state index in [1.54, 1.807) is 25.1 Å². The van der Waals surface area contributed by atoms with Gasteiger partial charge in [-0.1, -0.05) is 5.16 Å². The minimum absolute atomic E-state index is 0.0403. The molecule has 1 amide bonds. The van der Waals surface area contributed by atoms with Crippen LogP contribution < -0.4 is 15.8 Å². The maximum absolute atomic E-state index is 11.7. The summed E-state index contributed by atoms with van der Waals surface area (Å²) in [5.41, 5.74) is 6.44. The first-order chi connectivity index (χ1) is 9.03. The average Bonchev–Trinajstić information content (AvgIpc) is 2.45. The van der Waals surface area contributed by atoms with Gasteiger partial charge in [0, 0.05) is 12.7 Å². The SMILES string of the molecule is COc1cc(/C(N)=N/O)ccc1NC(=O)C(C)OC. The van der Waals surface area contributed by atoms with Crippen molar-refractivity contribution in [2.45, 2.75) is 13.0 Å². The van der Waals surface area contributed by atoms with Gasteiger partial charge in [0.25, 0.3) is 5.91 Å². The van der Waals surface area contributed by atoms with E-state index < -0.39 is 6.10 Å². The van der Waals surface area contributed by atoms with Crippen LogP contribution in [0.3, 0.4) is 0 Å². The molecule has 7 nitrogen and oxygen atoms in total. The van der Waals surface area contributed by atoms with E-state index in [0.29, 0.717) is 17.0 Å². The molecule has 0 bridgehead atoms. The van der Waals surface area contributed by atoms with Crippen LogP contribution in [0.25, 0.3) is 0 Å². The number of nitrogens with one attached hydrogen (secondary N) is 1. The summed E-state index contributed by atoms with van der Waals surface area (Å²) in [7, 11) is 2.91. The molecule has 0 aliphatic carbocycles. The summed E-state index contributed by atoms with van der Waals surface area (Å²) in [6.07, 6.45) is -0.576. The zero-order valence-corrected chi connectivity index (χ0v) is 11.0. The van der Waals surface area contributed by atoms with Gasteiger partial charge in [0.15, 0.2) is 5.84 Å². The monoisotopic (exact) mass is 267 g/mol. The van der Waals surface area contributed by atoms with Crippen molar-refractivity contribution < 1.29 is 19.5 Å². The molecule has 0 fully saturated rings. The van der Waals surface area contributed by atoms with Gasteiger partial charge < -0.3 is 25.7 Å². The average molecular weight is 267 g/mol. The number of carbonyl (C=O) groups is 1. The lowest BCUT2D eigenvalue weighted by atomic mass is 10.1. The van der Waals surface area contributed by atoms with Crippen LogP contribution >= 0.6 is 0 Å². The molecule has 104 valence electrons. The number of amides is 1. The number of benzene rings is 1. The van der Waals surface area contributed by atoms with Crippen LogP contribution in [0.5, 0.6) is 5.75 Å². The van der Waals surface area contributed by atoms with Gasteiger partial charge in [0.2, 0.25) is 0 Å². The van der Waals surface area contributed by atoms with Crippen molar-refractivity contribution in [3.8, 4) is 5.75 Å². The molecule has 0 saturated carbocycles. The van der Waals surface area contributed by atoms with Crippen molar-refractivity contribution in [3.05, 3.63) is 23.8 Å². The molecule has 0 heterocycles. The van der Waals surface area contributed by atoms with Crippen molar-refractivity contribution >= 4 is 17.4 Å². The number of methoxy groups -OCH3 is 2. The van der Waals surface area contributed by atoms with Crippen LogP contribution in [-0.2, 0) is 9.53 Å². The Balaban J connectivity index is 3.00. The molecule has 1 unspecified atom stereocenters. The number of carbonyl (C=O) groups excluding carboxylic acids is 1. The lowest BCUT2D eigenvalue weighted by Crippen LogP contribution is -2.26. The molecule has 1 aromatic rings. The first-order valence-corrected chi connectivity index (χ1v) is 5.53. The van der Waals surface area contributed by atoms with Crippen molar-refractivity contribution in [2.24, 2.45) is 10.9 Å². The van der Waals surface area contributed by atoms with Crippen LogP contribution in [0.15, 0.2) is 23.4 Å². The first-order valence-electron chi connectivity index (χ1n) is 5.53. The Morgan fingerprint density at radius 2 is 2.16 bits per heavy atom. The Hall–Kier alpha value is -2.28. The van der Waals surface area contributed by atoms with Crippen molar-refractivity contribution in [1.82, 2.24) is 0 Å². The predicted molar refractivity (Wildman–Crippen MR) is 70.6 cm³/mol. The number of nitrogens with zero attached hydrogens (tertiary/aromatic N) is 1. The number of anilines is 1. The van der Waals surface area contributed by atoms with Gasteiger partial charge in [-0.15, -0.1) is 0 Å². The van der Waals surface area contributed by atoms with E-state index in [9.17, 15) is 4.79 Å². The van der Waals surface area contributed by atoms with Gasteiger partial charge in [-0.25, -0.2) is 0 Å². The van der Waals surface area contributed by atoms with Crippen LogP contribution in [-0.4, -0.2) is 37.3 Å². The van der Waals surface area contributed by atoms with E-state index in [-0.39, 0.29) is 11.7 Å². The van der Waals surface area contributed by atoms with E-state index in [1.165, 1.54) is 14.2 Å². The van der Waals surface area contributed by atoms with Crippen LogP contribution in [0, 0.1) is 0 Å². The fraction of sp³-hybridized carbons (Fsp3) is 0.333. The minimum Gasteiger partial charge on any atom is -0.495 e. The summed E-state index contributed by atoms with van der Waals surface area (Å²) in [4.78, 5) is 11.7. The molecule has 0 aromatic heterocycles. The normalized spacial score (nSPS) is 12.9. The van der Waals surface area contributed by atoms with E-state index in [4.69, 9.17) is 20.4 Å². The molecule has 7 heteroatoms. The van der Waals surface area contributed by atoms with Gasteiger partial charge in [-0.05, 0) is 25.1 Å². The third-order valence-electron chi connectivity index (χ3n) is 2.59. The maximum Gasteiger partial charge on any atom is 0.253 e. The summed E-state index contributed by atoms with van der Waals surface area (Å²) >= 11 is 0. The fourth-order valence-electron chi connectivity index (χ4n) is 1.35. The number of ether oxygens (including phenoxy) is 2. The summed E-state index contributed by atoms with van der Waals surface area (Å²) in [5.74, 6) is 0.0690. The Morgan fingerprint density at radius 3 is 2.68 bits per heavy atom. The number of oxime groups is 1. The maximum atomic E-state index is 11.7. The van der Waals surface area contributed by atoms with Crippen LogP contribution in [0.4, 0.5) is 5.69 Å². The summed E-state index contributed by atoms with van der Waals surface area (Å²) < 4.78 is 10.1. The smallest absolute Gasteiger partial charge is 0.253 e. The molecule has 0 aliphatic rings. The second-order valence-electron chi connectivity index (χ2n) is 3.77. The minimum atomic E-state index is -0.576. The molecule has 1 rings (SSSR count). The Kier molecular flexibility index (Phi) is 5.13. The largest absolute Gasteiger partial charge is 0.495 e. The van der Waals surface area contributed by atoms with Gasteiger partial charge in [0.1, 0.15) is 11.9 Å². The highest BCUT2D eigenvalue weighted by atomic mass is 16.5. The fourth-order valence-corrected chi connectivity index (χ4v) is 1.35. The molecule has 19 heavy (non-hydrogen) atoms. The van der Waals surface area contributed by atoms with Crippen LogP contribution in [0.2, 0.25) is 0 Å². The first kappa shape index (κ1) is 14.8. The second kappa shape index (κ2) is 6.60. The lowest BCUT2D eigenvalue weighted by molar-refractivity contribution is -0.124. The Bertz CT molecular complexity index is 488. The third kappa shape index (κ3) is 3.59. The van der Waals surface area contributed by atoms with E-state index in [2.05, 4.69) is 10.5 Å². The molecular formula is C12H17N3O4. The summed E-state index contributed by atoms with van der Waals surface area (Å²) in [6.45, 7) is 1.63. The molecular weight excluding hydrogens is 250 g/mol. The number of hydrogen-bond acceptors (Lipinski definition) is 5. The highest BCUT2D eigenvalue weighted by Crippen LogP contribution is 2.25. The number of hydrogen-bond donors (Lipinski definition) is 3. The topological polar surface area (TPSA) is 106 Å². The van der Waals surface area contributed by atoms with Crippen molar-refractivity contribution in [3.63, 3.8) is 0 Å². The molecule has 0 radical (unpaired) electrons. The van der Waals surface area contributed by atoms with E-state index >= 15 is 0 Å². The summed E-state index contributed by atoms with van der Waals surface area (Å²) in [5, 5.41) is 14.2. The Labute approximate surface area is 111 Å². The lowest BCUT2D eigenvalue weighted by Gasteiger charge is -2.14. The molecule has 0 saturated heterocycles. The zero-order chi connectivity index (χ0) is 14.4. The highest BCUT2D eigenvalue weighted by molar-refractivity contribution is 5.99. The van der Waals surface area contributed by atoms with E-state index in [0.717, 1.165) is 0 Å². The molecule has 1 atom stereocenters. The molecule has 4 N–H and O–H groups in total. The third-order valence-corrected chi connectivity index (χ3v) is 2.59. The van der Waals surface area contributed by atoms with Gasteiger partial charge in [-0.3, -0.25) is 4.79 Å². The van der Waals surface area contributed by atoms with Gasteiger partial charge in [0.05, 0.1) is 12.8 Å². The predicted octanol–water partition coefficient (Wildman–Crippen LogP) is 0.763. The summed E-state index contributed by atoms with van der Waals surface area (Å²) in [6, 6.07) is 4.76.